The molecule has 8 heteroatoms. The molecule has 0 fully saturated rings. The Kier molecular flexibility index (Phi) is 5.09. The first-order valence-corrected chi connectivity index (χ1v) is 7.89. The van der Waals surface area contributed by atoms with E-state index in [-0.39, 0.29) is 10.7 Å². The first-order chi connectivity index (χ1) is 12.4. The van der Waals surface area contributed by atoms with Gasteiger partial charge < -0.3 is 5.32 Å². The monoisotopic (exact) mass is 375 g/mol. The van der Waals surface area contributed by atoms with Gasteiger partial charge in [-0.05, 0) is 48.5 Å². The molecule has 0 spiro atoms. The predicted octanol–water partition coefficient (Wildman–Crippen LogP) is 3.48. The van der Waals surface area contributed by atoms with Crippen molar-refractivity contribution in [2.45, 2.75) is 6.54 Å². The summed E-state index contributed by atoms with van der Waals surface area (Å²) in [5.41, 5.74) is 0.434. The zero-order valence-corrected chi connectivity index (χ0v) is 14.0. The van der Waals surface area contributed by atoms with Gasteiger partial charge in [0.2, 0.25) is 5.91 Å². The van der Waals surface area contributed by atoms with Crippen LogP contribution in [0.5, 0.6) is 0 Å². The van der Waals surface area contributed by atoms with E-state index in [9.17, 15) is 18.4 Å². The lowest BCUT2D eigenvalue weighted by molar-refractivity contribution is -0.117. The second-order valence-electron chi connectivity index (χ2n) is 5.39. The number of hydrogen-bond acceptors (Lipinski definition) is 3. The summed E-state index contributed by atoms with van der Waals surface area (Å²) in [4.78, 5) is 24.0. The average Bonchev–Trinajstić information content (AvgIpc) is 2.60. The number of amides is 1. The molecule has 1 N–H and O–H groups in total. The van der Waals surface area contributed by atoms with Gasteiger partial charge >= 0.3 is 0 Å². The van der Waals surface area contributed by atoms with E-state index in [4.69, 9.17) is 11.6 Å². The van der Waals surface area contributed by atoms with Crippen LogP contribution in [0.2, 0.25) is 5.02 Å². The molecule has 132 valence electrons. The van der Waals surface area contributed by atoms with Crippen LogP contribution in [-0.4, -0.2) is 15.7 Å². The van der Waals surface area contributed by atoms with Gasteiger partial charge in [0, 0.05) is 16.7 Å². The largest absolute Gasteiger partial charge is 0.322 e. The number of anilines is 1. The summed E-state index contributed by atoms with van der Waals surface area (Å²) in [6.45, 7) is -0.407. The Bertz CT molecular complexity index is 1020. The van der Waals surface area contributed by atoms with Gasteiger partial charge in [-0.2, -0.15) is 5.10 Å². The van der Waals surface area contributed by atoms with Crippen molar-refractivity contribution in [3.63, 3.8) is 0 Å². The minimum Gasteiger partial charge on any atom is -0.322 e. The molecule has 1 heterocycles. The predicted molar refractivity (Wildman–Crippen MR) is 93.9 cm³/mol. The van der Waals surface area contributed by atoms with Crippen molar-refractivity contribution >= 4 is 23.2 Å². The summed E-state index contributed by atoms with van der Waals surface area (Å²) in [7, 11) is 0. The van der Waals surface area contributed by atoms with Gasteiger partial charge in [0.25, 0.3) is 5.56 Å². The molecule has 2 aromatic carbocycles. The average molecular weight is 376 g/mol. The molecule has 0 aliphatic heterocycles. The van der Waals surface area contributed by atoms with Gasteiger partial charge in [-0.15, -0.1) is 0 Å². The molecule has 3 rings (SSSR count). The molecular weight excluding hydrogens is 364 g/mol. The normalized spacial score (nSPS) is 10.6. The van der Waals surface area contributed by atoms with Crippen LogP contribution in [0.4, 0.5) is 14.5 Å². The molecule has 1 amide bonds. The lowest BCUT2D eigenvalue weighted by atomic mass is 10.1. The summed E-state index contributed by atoms with van der Waals surface area (Å²) in [6.07, 6.45) is 0. The fraction of sp³-hybridized carbons (Fsp3) is 0.0556. The number of rotatable bonds is 4. The second kappa shape index (κ2) is 7.45. The maximum Gasteiger partial charge on any atom is 0.267 e. The highest BCUT2D eigenvalue weighted by Crippen LogP contribution is 2.19. The Labute approximate surface area is 151 Å². The molecular formula is C18H12ClF2N3O2. The molecule has 0 unspecified atom stereocenters. The van der Waals surface area contributed by atoms with Crippen LogP contribution in [-0.2, 0) is 11.3 Å². The van der Waals surface area contributed by atoms with Crippen molar-refractivity contribution in [1.29, 1.82) is 0 Å². The van der Waals surface area contributed by atoms with Gasteiger partial charge in [0.05, 0.1) is 11.4 Å². The van der Waals surface area contributed by atoms with Crippen molar-refractivity contribution in [2.75, 3.05) is 5.32 Å². The number of aromatic nitrogens is 2. The van der Waals surface area contributed by atoms with Crippen LogP contribution in [0.3, 0.4) is 0 Å². The van der Waals surface area contributed by atoms with Crippen molar-refractivity contribution in [1.82, 2.24) is 9.78 Å². The first-order valence-electron chi connectivity index (χ1n) is 7.51. The number of halogens is 3. The Morgan fingerprint density at radius 3 is 2.50 bits per heavy atom. The molecule has 0 radical (unpaired) electrons. The molecule has 0 aliphatic carbocycles. The number of hydrogen-bond donors (Lipinski definition) is 1. The van der Waals surface area contributed by atoms with Crippen molar-refractivity contribution in [2.24, 2.45) is 0 Å². The minimum absolute atomic E-state index is 0.0536. The van der Waals surface area contributed by atoms with Crippen LogP contribution in [0, 0.1) is 11.6 Å². The highest BCUT2D eigenvalue weighted by atomic mass is 35.5. The summed E-state index contributed by atoms with van der Waals surface area (Å²) < 4.78 is 27.7. The molecule has 0 aliphatic rings. The molecule has 0 saturated heterocycles. The summed E-state index contributed by atoms with van der Waals surface area (Å²) in [5.74, 6) is -1.71. The highest BCUT2D eigenvalue weighted by Gasteiger charge is 2.11. The fourth-order valence-electron chi connectivity index (χ4n) is 2.25. The lowest BCUT2D eigenvalue weighted by Gasteiger charge is -2.09. The highest BCUT2D eigenvalue weighted by molar-refractivity contribution is 6.30. The number of carbonyl (C=O) groups excluding carboxylic acids is 1. The van der Waals surface area contributed by atoms with Crippen molar-refractivity contribution in [3.05, 3.63) is 81.6 Å². The van der Waals surface area contributed by atoms with E-state index in [2.05, 4.69) is 10.4 Å². The minimum atomic E-state index is -0.689. The third-order valence-corrected chi connectivity index (χ3v) is 3.74. The van der Waals surface area contributed by atoms with Crippen LogP contribution in [0.25, 0.3) is 11.3 Å². The standard InChI is InChI=1S/C18H12ClF2N3O2/c19-12-3-6-16(14(21)9-12)22-17(25)10-24-18(26)8-7-15(23-24)11-1-4-13(20)5-2-11/h1-9H,10H2,(H,22,25). The third kappa shape index (κ3) is 4.12. The summed E-state index contributed by atoms with van der Waals surface area (Å²) in [6, 6.07) is 12.1. The number of nitrogens with one attached hydrogen (secondary N) is 1. The third-order valence-electron chi connectivity index (χ3n) is 3.51. The quantitative estimate of drug-likeness (QED) is 0.759. The molecule has 26 heavy (non-hydrogen) atoms. The fourth-order valence-corrected chi connectivity index (χ4v) is 2.41. The Morgan fingerprint density at radius 2 is 1.81 bits per heavy atom. The van der Waals surface area contributed by atoms with Crippen LogP contribution >= 0.6 is 11.6 Å². The molecule has 0 bridgehead atoms. The van der Waals surface area contributed by atoms with E-state index in [0.717, 1.165) is 10.7 Å². The van der Waals surface area contributed by atoms with E-state index in [1.807, 2.05) is 0 Å². The molecule has 5 nitrogen and oxygen atoms in total. The number of nitrogens with zero attached hydrogens (tertiary/aromatic N) is 2. The van der Waals surface area contributed by atoms with Gasteiger partial charge in [0.15, 0.2) is 0 Å². The van der Waals surface area contributed by atoms with Gasteiger partial charge in [-0.25, -0.2) is 13.5 Å². The maximum atomic E-state index is 13.7. The second-order valence-corrected chi connectivity index (χ2v) is 5.83. The molecule has 0 atom stereocenters. The van der Waals surface area contributed by atoms with Gasteiger partial charge in [-0.1, -0.05) is 11.6 Å². The summed E-state index contributed by atoms with van der Waals surface area (Å²) >= 11 is 5.66. The first kappa shape index (κ1) is 17.8. The smallest absolute Gasteiger partial charge is 0.267 e. The van der Waals surface area contributed by atoms with Crippen LogP contribution in [0.15, 0.2) is 59.4 Å². The van der Waals surface area contributed by atoms with Crippen LogP contribution < -0.4 is 10.9 Å². The summed E-state index contributed by atoms with van der Waals surface area (Å²) in [5, 5.41) is 6.65. The van der Waals surface area contributed by atoms with Gasteiger partial charge in [-0.3, -0.25) is 9.59 Å². The van der Waals surface area contributed by atoms with E-state index < -0.39 is 29.6 Å². The topological polar surface area (TPSA) is 64.0 Å². The maximum absolute atomic E-state index is 13.7. The Balaban J connectivity index is 1.80. The molecule has 3 aromatic rings. The Morgan fingerprint density at radius 1 is 1.08 bits per heavy atom. The van der Waals surface area contributed by atoms with Crippen LogP contribution in [0.1, 0.15) is 0 Å². The van der Waals surface area contributed by atoms with E-state index in [1.54, 1.807) is 0 Å². The van der Waals surface area contributed by atoms with E-state index in [0.29, 0.717) is 11.3 Å². The van der Waals surface area contributed by atoms with E-state index in [1.165, 1.54) is 48.5 Å². The lowest BCUT2D eigenvalue weighted by Crippen LogP contribution is -2.29. The Hall–Kier alpha value is -3.06. The number of carbonyl (C=O) groups is 1. The molecule has 0 saturated carbocycles. The molecule has 1 aromatic heterocycles. The van der Waals surface area contributed by atoms with Gasteiger partial charge in [0.1, 0.15) is 18.2 Å². The zero-order chi connectivity index (χ0) is 18.7. The zero-order valence-electron chi connectivity index (χ0n) is 13.2. The SMILES string of the molecule is O=C(Cn1nc(-c2ccc(F)cc2)ccc1=O)Nc1ccc(Cl)cc1F. The number of benzene rings is 2. The van der Waals surface area contributed by atoms with Crippen molar-refractivity contribution < 1.29 is 13.6 Å². The van der Waals surface area contributed by atoms with Crippen molar-refractivity contribution in [3.8, 4) is 11.3 Å². The van der Waals surface area contributed by atoms with E-state index >= 15 is 0 Å².